The minimum absolute atomic E-state index is 0.176. The summed E-state index contributed by atoms with van der Waals surface area (Å²) in [7, 11) is 0. The largest absolute Gasteiger partial charge is 0.509 e. The first kappa shape index (κ1) is 16.8. The predicted molar refractivity (Wildman–Crippen MR) is 75.3 cm³/mol. The molecule has 0 aromatic heterocycles. The third kappa shape index (κ3) is 3.98. The van der Waals surface area contributed by atoms with Crippen molar-refractivity contribution in [1.29, 1.82) is 0 Å². The van der Waals surface area contributed by atoms with E-state index in [1.807, 2.05) is 0 Å². The molecule has 0 aromatic carbocycles. The first-order valence-electron chi connectivity index (χ1n) is 7.16. The van der Waals surface area contributed by atoms with Gasteiger partial charge in [-0.05, 0) is 27.7 Å². The summed E-state index contributed by atoms with van der Waals surface area (Å²) in [4.78, 5) is 23.3. The fourth-order valence-corrected chi connectivity index (χ4v) is 2.27. The van der Waals surface area contributed by atoms with Crippen molar-refractivity contribution >= 4 is 12.1 Å². The molecule has 4 atom stereocenters. The quantitative estimate of drug-likeness (QED) is 0.578. The van der Waals surface area contributed by atoms with E-state index in [9.17, 15) is 9.59 Å². The third-order valence-electron chi connectivity index (χ3n) is 3.21. The minimum Gasteiger partial charge on any atom is -0.454 e. The van der Waals surface area contributed by atoms with Crippen LogP contribution in [0, 0.1) is 0 Å². The summed E-state index contributed by atoms with van der Waals surface area (Å²) < 4.78 is 26.7. The lowest BCUT2D eigenvalue weighted by Gasteiger charge is -2.22. The van der Waals surface area contributed by atoms with Crippen LogP contribution in [0.3, 0.4) is 0 Å². The minimum atomic E-state index is -0.771. The number of rotatable bonds is 3. The highest BCUT2D eigenvalue weighted by Crippen LogP contribution is 2.31. The fourth-order valence-electron chi connectivity index (χ4n) is 2.27. The molecule has 7 nitrogen and oxygen atoms in total. The van der Waals surface area contributed by atoms with Gasteiger partial charge in [-0.3, -0.25) is 0 Å². The highest BCUT2D eigenvalue weighted by Gasteiger charge is 2.51. The van der Waals surface area contributed by atoms with Crippen LogP contribution < -0.4 is 0 Å². The van der Waals surface area contributed by atoms with Gasteiger partial charge in [0, 0.05) is 5.57 Å². The summed E-state index contributed by atoms with van der Waals surface area (Å²) in [6.07, 6.45) is -2.78. The second kappa shape index (κ2) is 6.26. The molecule has 2 aliphatic rings. The van der Waals surface area contributed by atoms with Crippen molar-refractivity contribution in [1.82, 2.24) is 0 Å². The number of fused-ring (bicyclic) bond motifs is 1. The third-order valence-corrected chi connectivity index (χ3v) is 3.21. The van der Waals surface area contributed by atoms with E-state index in [4.69, 9.17) is 23.7 Å². The van der Waals surface area contributed by atoms with Gasteiger partial charge in [0.1, 0.15) is 17.8 Å². The number of esters is 1. The molecule has 124 valence electrons. The highest BCUT2D eigenvalue weighted by atomic mass is 16.8. The van der Waals surface area contributed by atoms with Crippen LogP contribution in [-0.4, -0.2) is 55.4 Å². The van der Waals surface area contributed by atoms with E-state index < -0.39 is 42.1 Å². The van der Waals surface area contributed by atoms with E-state index in [0.29, 0.717) is 5.57 Å². The van der Waals surface area contributed by atoms with Gasteiger partial charge in [0.25, 0.3) is 0 Å². The summed E-state index contributed by atoms with van der Waals surface area (Å²) in [5, 5.41) is 0. The molecule has 0 saturated carbocycles. The van der Waals surface area contributed by atoms with Gasteiger partial charge in [0.15, 0.2) is 12.2 Å². The molecule has 2 heterocycles. The number of carbonyl (C=O) groups excluding carboxylic acids is 2. The standard InChI is InChI=1S/C15H22O7/c1-8(2)13(16)20-9-6-18-12-10(7-19-11(9)12)21-14(17)22-15(3,4)5/h9-12H,1,6-7H2,2-5H3/t9-,10+,11+,12+/m0/s1. The van der Waals surface area contributed by atoms with Crippen LogP contribution in [0.25, 0.3) is 0 Å². The van der Waals surface area contributed by atoms with Crippen molar-refractivity contribution < 1.29 is 33.3 Å². The van der Waals surface area contributed by atoms with E-state index >= 15 is 0 Å². The maximum Gasteiger partial charge on any atom is 0.509 e. The number of hydrogen-bond acceptors (Lipinski definition) is 7. The van der Waals surface area contributed by atoms with E-state index in [-0.39, 0.29) is 13.2 Å². The Balaban J connectivity index is 1.89. The summed E-state index contributed by atoms with van der Waals surface area (Å²) in [5.74, 6) is -0.491. The first-order valence-corrected chi connectivity index (χ1v) is 7.16. The molecule has 0 aromatic rings. The molecule has 0 radical (unpaired) electrons. The van der Waals surface area contributed by atoms with Gasteiger partial charge in [0.05, 0.1) is 13.2 Å². The Morgan fingerprint density at radius 3 is 2.00 bits per heavy atom. The van der Waals surface area contributed by atoms with E-state index in [1.165, 1.54) is 0 Å². The zero-order valence-corrected chi connectivity index (χ0v) is 13.3. The summed E-state index contributed by atoms with van der Waals surface area (Å²) in [6, 6.07) is 0. The molecule has 22 heavy (non-hydrogen) atoms. The molecule has 2 aliphatic heterocycles. The normalized spacial score (nSPS) is 30.5. The van der Waals surface area contributed by atoms with Crippen LogP contribution in [0.15, 0.2) is 12.2 Å². The first-order chi connectivity index (χ1) is 10.2. The van der Waals surface area contributed by atoms with Gasteiger partial charge >= 0.3 is 12.1 Å². The predicted octanol–water partition coefficient (Wildman–Crippen LogP) is 1.59. The van der Waals surface area contributed by atoms with Crippen LogP contribution in [0.2, 0.25) is 0 Å². The van der Waals surface area contributed by atoms with Gasteiger partial charge < -0.3 is 23.7 Å². The van der Waals surface area contributed by atoms with Gasteiger partial charge in [-0.25, -0.2) is 9.59 Å². The van der Waals surface area contributed by atoms with Crippen molar-refractivity contribution in [2.45, 2.75) is 57.7 Å². The molecule has 2 rings (SSSR count). The maximum absolute atomic E-state index is 11.7. The number of carbonyl (C=O) groups is 2. The van der Waals surface area contributed by atoms with Crippen molar-refractivity contribution in [3.8, 4) is 0 Å². The summed E-state index contributed by atoms with van der Waals surface area (Å²) in [5.41, 5.74) is -0.325. The van der Waals surface area contributed by atoms with Crippen LogP contribution in [0.4, 0.5) is 4.79 Å². The van der Waals surface area contributed by atoms with Crippen LogP contribution >= 0.6 is 0 Å². The fraction of sp³-hybridized carbons (Fsp3) is 0.733. The SMILES string of the molecule is C=C(C)C(=O)O[C@H]1CO[C@H]2[C@@H]1OC[C@H]2OC(=O)OC(C)(C)C. The van der Waals surface area contributed by atoms with Gasteiger partial charge in [0.2, 0.25) is 0 Å². The number of ether oxygens (including phenoxy) is 5. The molecule has 0 bridgehead atoms. The van der Waals surface area contributed by atoms with E-state index in [0.717, 1.165) is 0 Å². The lowest BCUT2D eigenvalue weighted by molar-refractivity contribution is -0.148. The molecule has 0 unspecified atom stereocenters. The van der Waals surface area contributed by atoms with Gasteiger partial charge in [-0.2, -0.15) is 0 Å². The molecule has 0 spiro atoms. The molecule has 7 heteroatoms. The van der Waals surface area contributed by atoms with Crippen molar-refractivity contribution in [2.24, 2.45) is 0 Å². The highest BCUT2D eigenvalue weighted by molar-refractivity contribution is 5.87. The molecule has 0 aliphatic carbocycles. The lowest BCUT2D eigenvalue weighted by atomic mass is 10.1. The lowest BCUT2D eigenvalue weighted by Crippen LogP contribution is -2.37. The molecular formula is C15H22O7. The summed E-state index contributed by atoms with van der Waals surface area (Å²) in [6.45, 7) is 10.7. The molecular weight excluding hydrogens is 292 g/mol. The Labute approximate surface area is 129 Å². The van der Waals surface area contributed by atoms with Gasteiger partial charge in [-0.15, -0.1) is 0 Å². The zero-order chi connectivity index (χ0) is 16.5. The molecule has 0 N–H and O–H groups in total. The molecule has 2 saturated heterocycles. The smallest absolute Gasteiger partial charge is 0.454 e. The van der Waals surface area contributed by atoms with Gasteiger partial charge in [-0.1, -0.05) is 6.58 Å². The van der Waals surface area contributed by atoms with Crippen molar-refractivity contribution in [3.05, 3.63) is 12.2 Å². The Hall–Kier alpha value is -1.60. The second-order valence-corrected chi connectivity index (χ2v) is 6.44. The molecule has 0 amide bonds. The maximum atomic E-state index is 11.7. The Morgan fingerprint density at radius 1 is 1.05 bits per heavy atom. The Bertz CT molecular complexity index is 465. The Kier molecular flexibility index (Phi) is 4.77. The van der Waals surface area contributed by atoms with E-state index in [1.54, 1.807) is 27.7 Å². The van der Waals surface area contributed by atoms with Crippen LogP contribution in [0.1, 0.15) is 27.7 Å². The Morgan fingerprint density at radius 2 is 1.55 bits per heavy atom. The number of hydrogen-bond donors (Lipinski definition) is 0. The average Bonchev–Trinajstić information content (AvgIpc) is 2.91. The topological polar surface area (TPSA) is 80.3 Å². The van der Waals surface area contributed by atoms with Crippen LogP contribution in [0.5, 0.6) is 0 Å². The molecule has 2 fully saturated rings. The summed E-state index contributed by atoms with van der Waals surface area (Å²) >= 11 is 0. The van der Waals surface area contributed by atoms with Crippen molar-refractivity contribution in [3.63, 3.8) is 0 Å². The zero-order valence-electron chi connectivity index (χ0n) is 13.3. The van der Waals surface area contributed by atoms with Crippen LogP contribution in [-0.2, 0) is 28.5 Å². The average molecular weight is 314 g/mol. The second-order valence-electron chi connectivity index (χ2n) is 6.44. The van der Waals surface area contributed by atoms with Crippen molar-refractivity contribution in [2.75, 3.05) is 13.2 Å². The monoisotopic (exact) mass is 314 g/mol. The van der Waals surface area contributed by atoms with E-state index in [2.05, 4.69) is 6.58 Å².